The van der Waals surface area contributed by atoms with Crippen LogP contribution in [0.25, 0.3) is 0 Å². The minimum atomic E-state index is -0.445. The van der Waals surface area contributed by atoms with Crippen molar-refractivity contribution in [1.29, 1.82) is 0 Å². The molecule has 0 aromatic heterocycles. The molecule has 1 aromatic carbocycles. The first-order chi connectivity index (χ1) is 9.61. The Bertz CT molecular complexity index is 512. The first kappa shape index (κ1) is 14.3. The minimum absolute atomic E-state index is 0.0248. The number of nitro benzene ring substituents is 1. The first-order valence-electron chi connectivity index (χ1n) is 6.64. The molecule has 20 heavy (non-hydrogen) atoms. The second-order valence-electron chi connectivity index (χ2n) is 4.73. The zero-order valence-electron chi connectivity index (χ0n) is 11.4. The topological polar surface area (TPSA) is 87.5 Å². The van der Waals surface area contributed by atoms with Gasteiger partial charge < -0.3 is 10.7 Å². The predicted octanol–water partition coefficient (Wildman–Crippen LogP) is 1.77. The van der Waals surface area contributed by atoms with Gasteiger partial charge in [0.2, 0.25) is 0 Å². The molecule has 0 aliphatic carbocycles. The minimum Gasteiger partial charge on any atom is -0.355 e. The molecule has 108 valence electrons. The number of nitrogens with one attached hydrogen (secondary N) is 2. The summed E-state index contributed by atoms with van der Waals surface area (Å²) in [4.78, 5) is 22.2. The number of carbonyl (C=O) groups is 1. The van der Waals surface area contributed by atoms with Gasteiger partial charge in [-0.3, -0.25) is 14.9 Å². The van der Waals surface area contributed by atoms with Crippen LogP contribution in [0.15, 0.2) is 18.2 Å². The molecular formula is C13H18N4O3. The van der Waals surface area contributed by atoms with Crippen LogP contribution in [-0.4, -0.2) is 36.0 Å². The molecule has 0 saturated carbocycles. The standard InChI is InChI=1S/C13H18N4O3/c1-14-13(18)10-5-6-12(17(19)20)11(9-10)15-16-7-3-2-4-8-16/h5-6,9,15H,2-4,7-8H2,1H3,(H,14,18). The third-order valence-corrected chi connectivity index (χ3v) is 3.32. The lowest BCUT2D eigenvalue weighted by atomic mass is 10.1. The number of hydrazine groups is 1. The summed E-state index contributed by atoms with van der Waals surface area (Å²) in [6, 6.07) is 4.33. The Kier molecular flexibility index (Phi) is 4.52. The molecule has 1 amide bonds. The summed E-state index contributed by atoms with van der Waals surface area (Å²) >= 11 is 0. The zero-order valence-corrected chi connectivity index (χ0v) is 11.4. The maximum absolute atomic E-state index is 11.6. The van der Waals surface area contributed by atoms with Crippen LogP contribution in [0.4, 0.5) is 11.4 Å². The number of piperidine rings is 1. The van der Waals surface area contributed by atoms with Crippen LogP contribution in [-0.2, 0) is 0 Å². The van der Waals surface area contributed by atoms with E-state index in [1.165, 1.54) is 31.7 Å². The highest BCUT2D eigenvalue weighted by Gasteiger charge is 2.19. The number of carbonyl (C=O) groups excluding carboxylic acids is 1. The highest BCUT2D eigenvalue weighted by molar-refractivity contribution is 5.95. The van der Waals surface area contributed by atoms with Crippen LogP contribution in [0.3, 0.4) is 0 Å². The lowest BCUT2D eigenvalue weighted by Gasteiger charge is -2.27. The zero-order chi connectivity index (χ0) is 14.5. The van der Waals surface area contributed by atoms with Gasteiger partial charge in [0, 0.05) is 31.8 Å². The van der Waals surface area contributed by atoms with E-state index in [9.17, 15) is 14.9 Å². The number of hydrogen-bond acceptors (Lipinski definition) is 5. The summed E-state index contributed by atoms with van der Waals surface area (Å²) < 4.78 is 0. The van der Waals surface area contributed by atoms with Gasteiger partial charge in [-0.15, -0.1) is 0 Å². The lowest BCUT2D eigenvalue weighted by Crippen LogP contribution is -2.35. The second kappa shape index (κ2) is 6.33. The monoisotopic (exact) mass is 278 g/mol. The number of nitro groups is 1. The van der Waals surface area contributed by atoms with Crippen molar-refractivity contribution in [2.45, 2.75) is 19.3 Å². The third kappa shape index (κ3) is 3.24. The van der Waals surface area contributed by atoms with E-state index in [1.807, 2.05) is 5.01 Å². The fraction of sp³-hybridized carbons (Fsp3) is 0.462. The summed E-state index contributed by atoms with van der Waals surface area (Å²) in [5.41, 5.74) is 3.80. The van der Waals surface area contributed by atoms with E-state index in [4.69, 9.17) is 0 Å². The van der Waals surface area contributed by atoms with Crippen molar-refractivity contribution in [2.75, 3.05) is 25.6 Å². The Morgan fingerprint density at radius 1 is 1.30 bits per heavy atom. The van der Waals surface area contributed by atoms with Crippen molar-refractivity contribution in [3.63, 3.8) is 0 Å². The average molecular weight is 278 g/mol. The van der Waals surface area contributed by atoms with E-state index in [-0.39, 0.29) is 11.6 Å². The van der Waals surface area contributed by atoms with E-state index in [2.05, 4.69) is 10.7 Å². The Morgan fingerprint density at radius 2 is 2.00 bits per heavy atom. The Hall–Kier alpha value is -2.15. The Labute approximate surface area is 117 Å². The first-order valence-corrected chi connectivity index (χ1v) is 6.64. The molecule has 1 aromatic rings. The number of anilines is 1. The molecule has 1 saturated heterocycles. The molecule has 1 fully saturated rings. The SMILES string of the molecule is CNC(=O)c1ccc([N+](=O)[O-])c(NN2CCCCC2)c1. The molecule has 0 spiro atoms. The molecular weight excluding hydrogens is 260 g/mol. The van der Waals surface area contributed by atoms with E-state index in [0.717, 1.165) is 25.9 Å². The van der Waals surface area contributed by atoms with E-state index < -0.39 is 4.92 Å². The van der Waals surface area contributed by atoms with Crippen LogP contribution in [0.5, 0.6) is 0 Å². The van der Waals surface area contributed by atoms with Gasteiger partial charge in [0.05, 0.1) is 4.92 Å². The molecule has 0 unspecified atom stereocenters. The normalized spacial score (nSPS) is 15.7. The van der Waals surface area contributed by atoms with E-state index in [0.29, 0.717) is 11.3 Å². The fourth-order valence-corrected chi connectivity index (χ4v) is 2.25. The molecule has 0 bridgehead atoms. The van der Waals surface area contributed by atoms with Gasteiger partial charge in [-0.05, 0) is 25.0 Å². The van der Waals surface area contributed by atoms with Crippen LogP contribution in [0, 0.1) is 10.1 Å². The van der Waals surface area contributed by atoms with E-state index in [1.54, 1.807) is 0 Å². The molecule has 2 rings (SSSR count). The van der Waals surface area contributed by atoms with Gasteiger partial charge in [-0.25, -0.2) is 5.01 Å². The van der Waals surface area contributed by atoms with Crippen LogP contribution in [0.1, 0.15) is 29.6 Å². The molecule has 1 heterocycles. The summed E-state index contributed by atoms with van der Waals surface area (Å²) in [7, 11) is 1.53. The van der Waals surface area contributed by atoms with Crippen molar-refractivity contribution in [2.24, 2.45) is 0 Å². The smallest absolute Gasteiger partial charge is 0.293 e. The molecule has 1 aliphatic rings. The summed E-state index contributed by atoms with van der Waals surface area (Å²) in [5.74, 6) is -0.262. The van der Waals surface area contributed by atoms with Gasteiger partial charge in [0.15, 0.2) is 0 Å². The summed E-state index contributed by atoms with van der Waals surface area (Å²) in [6.45, 7) is 1.70. The maximum atomic E-state index is 11.6. The summed E-state index contributed by atoms with van der Waals surface area (Å²) in [6.07, 6.45) is 3.31. The van der Waals surface area contributed by atoms with Crippen LogP contribution in [0.2, 0.25) is 0 Å². The Morgan fingerprint density at radius 3 is 2.60 bits per heavy atom. The van der Waals surface area contributed by atoms with Crippen molar-refractivity contribution in [1.82, 2.24) is 10.3 Å². The highest BCUT2D eigenvalue weighted by atomic mass is 16.6. The number of hydrogen-bond donors (Lipinski definition) is 2. The van der Waals surface area contributed by atoms with Gasteiger partial charge in [-0.2, -0.15) is 0 Å². The quantitative estimate of drug-likeness (QED) is 0.647. The van der Waals surface area contributed by atoms with Crippen LogP contribution >= 0.6 is 0 Å². The maximum Gasteiger partial charge on any atom is 0.293 e. The molecule has 7 nitrogen and oxygen atoms in total. The number of nitrogens with zero attached hydrogens (tertiary/aromatic N) is 2. The second-order valence-corrected chi connectivity index (χ2v) is 4.73. The van der Waals surface area contributed by atoms with Crippen molar-refractivity contribution < 1.29 is 9.72 Å². The molecule has 2 N–H and O–H groups in total. The third-order valence-electron chi connectivity index (χ3n) is 3.32. The highest BCUT2D eigenvalue weighted by Crippen LogP contribution is 2.26. The number of amides is 1. The molecule has 0 radical (unpaired) electrons. The van der Waals surface area contributed by atoms with Crippen molar-refractivity contribution in [3.8, 4) is 0 Å². The van der Waals surface area contributed by atoms with E-state index >= 15 is 0 Å². The lowest BCUT2D eigenvalue weighted by molar-refractivity contribution is -0.384. The molecule has 0 atom stereocenters. The van der Waals surface area contributed by atoms with Crippen LogP contribution < -0.4 is 10.7 Å². The fourth-order valence-electron chi connectivity index (χ4n) is 2.25. The van der Waals surface area contributed by atoms with Crippen molar-refractivity contribution in [3.05, 3.63) is 33.9 Å². The van der Waals surface area contributed by atoms with Gasteiger partial charge in [0.1, 0.15) is 5.69 Å². The number of rotatable bonds is 4. The predicted molar refractivity (Wildman–Crippen MR) is 75.5 cm³/mol. The van der Waals surface area contributed by atoms with Gasteiger partial charge in [-0.1, -0.05) is 6.42 Å². The average Bonchev–Trinajstić information content (AvgIpc) is 2.47. The van der Waals surface area contributed by atoms with Gasteiger partial charge in [0.25, 0.3) is 11.6 Å². The van der Waals surface area contributed by atoms with Gasteiger partial charge >= 0.3 is 0 Å². The molecule has 7 heteroatoms. The largest absolute Gasteiger partial charge is 0.355 e. The van der Waals surface area contributed by atoms with Crippen molar-refractivity contribution >= 4 is 17.3 Å². The molecule has 1 aliphatic heterocycles. The summed E-state index contributed by atoms with van der Waals surface area (Å²) in [5, 5.41) is 15.5. The number of benzene rings is 1. The Balaban J connectivity index is 2.26.